The summed E-state index contributed by atoms with van der Waals surface area (Å²) < 4.78 is 5.92. The van der Waals surface area contributed by atoms with E-state index in [4.69, 9.17) is 4.74 Å². The maximum atomic E-state index is 13.5. The Balaban J connectivity index is 1.48. The minimum Gasteiger partial charge on any atom is -0.445 e. The molecule has 2 heterocycles. The van der Waals surface area contributed by atoms with Crippen LogP contribution in [0.5, 0.6) is 0 Å². The van der Waals surface area contributed by atoms with Gasteiger partial charge in [-0.25, -0.2) is 4.79 Å². The molecule has 2 saturated heterocycles. The van der Waals surface area contributed by atoms with Crippen LogP contribution in [0.25, 0.3) is 0 Å². The number of thioether (sulfide) groups is 1. The Morgan fingerprint density at radius 1 is 1.10 bits per heavy atom. The molecule has 2 aliphatic heterocycles. The van der Waals surface area contributed by atoms with Crippen molar-refractivity contribution in [1.29, 1.82) is 0 Å². The van der Waals surface area contributed by atoms with Gasteiger partial charge in [0, 0.05) is 23.9 Å². The zero-order valence-corrected chi connectivity index (χ0v) is 25.9. The molecule has 8 heteroatoms. The fourth-order valence-corrected chi connectivity index (χ4v) is 8.24. The van der Waals surface area contributed by atoms with E-state index in [-0.39, 0.29) is 23.6 Å². The van der Waals surface area contributed by atoms with E-state index >= 15 is 0 Å². The van der Waals surface area contributed by atoms with Gasteiger partial charge < -0.3 is 20.5 Å². The minimum atomic E-state index is -0.850. The highest BCUT2D eigenvalue weighted by Gasteiger charge is 2.42. The number of likely N-dealkylation sites (tertiary alicyclic amines) is 1. The van der Waals surface area contributed by atoms with Crippen molar-refractivity contribution < 1.29 is 19.4 Å². The largest absolute Gasteiger partial charge is 0.445 e. The first-order chi connectivity index (χ1) is 19.0. The molecule has 0 bridgehead atoms. The third kappa shape index (κ3) is 8.62. The average Bonchev–Trinajstić information content (AvgIpc) is 3.36. The number of hydrogen-bond donors (Lipinski definition) is 3. The number of rotatable bonds is 9. The monoisotopic (exact) mass is 573 g/mol. The second kappa shape index (κ2) is 13.9. The number of aliphatic hydroxyl groups excluding tert-OH is 1. The third-order valence-electron chi connectivity index (χ3n) is 8.79. The number of fused-ring (bicyclic) bond motifs is 1. The maximum Gasteiger partial charge on any atom is 0.407 e. The quantitative estimate of drug-likeness (QED) is 0.385. The van der Waals surface area contributed by atoms with Crippen LogP contribution in [0.3, 0.4) is 0 Å². The summed E-state index contributed by atoms with van der Waals surface area (Å²) >= 11 is 1.87. The van der Waals surface area contributed by atoms with Crippen LogP contribution in [0.1, 0.15) is 78.7 Å². The molecule has 3 N–H and O–H groups in total. The lowest BCUT2D eigenvalue weighted by Crippen LogP contribution is -2.60. The number of nitrogens with zero attached hydrogens (tertiary/aromatic N) is 1. The van der Waals surface area contributed by atoms with Gasteiger partial charge in [-0.1, -0.05) is 63.4 Å². The number of nitrogens with one attached hydrogen (secondary N) is 2. The molecule has 0 spiro atoms. The topological polar surface area (TPSA) is 90.9 Å². The van der Waals surface area contributed by atoms with Crippen molar-refractivity contribution in [2.24, 2.45) is 17.8 Å². The third-order valence-corrected chi connectivity index (χ3v) is 10.5. The van der Waals surface area contributed by atoms with Crippen LogP contribution in [-0.4, -0.2) is 75.9 Å². The molecule has 3 aliphatic rings. The Morgan fingerprint density at radius 2 is 1.80 bits per heavy atom. The van der Waals surface area contributed by atoms with E-state index in [1.807, 2.05) is 62.9 Å². The molecule has 1 aromatic carbocycles. The molecular formula is C32H51N3O4S. The Bertz CT molecular complexity index is 969. The summed E-state index contributed by atoms with van der Waals surface area (Å²) in [5.74, 6) is 2.57. The minimum absolute atomic E-state index is 0.0363. The maximum absolute atomic E-state index is 13.5. The van der Waals surface area contributed by atoms with Gasteiger partial charge in [-0.05, 0) is 75.5 Å². The van der Waals surface area contributed by atoms with Crippen LogP contribution in [0.15, 0.2) is 30.3 Å². The van der Waals surface area contributed by atoms with Crippen LogP contribution in [-0.2, 0) is 16.0 Å². The first-order valence-electron chi connectivity index (χ1n) is 15.4. The van der Waals surface area contributed by atoms with Gasteiger partial charge in [0.2, 0.25) is 5.91 Å². The smallest absolute Gasteiger partial charge is 0.407 e. The summed E-state index contributed by atoms with van der Waals surface area (Å²) in [6.07, 6.45) is 5.57. The molecule has 0 unspecified atom stereocenters. The highest BCUT2D eigenvalue weighted by atomic mass is 32.2. The predicted molar refractivity (Wildman–Crippen MR) is 162 cm³/mol. The lowest BCUT2D eigenvalue weighted by atomic mass is 9.72. The number of piperidine rings is 1. The highest BCUT2D eigenvalue weighted by Crippen LogP contribution is 2.39. The van der Waals surface area contributed by atoms with Gasteiger partial charge in [0.05, 0.1) is 18.2 Å². The summed E-state index contributed by atoms with van der Waals surface area (Å²) in [6.45, 7) is 11.5. The second-order valence-corrected chi connectivity index (χ2v) is 14.9. The molecule has 40 heavy (non-hydrogen) atoms. The number of β-amino-alcohol motifs (C(OH)–C–C–N with tert-alkyl or cyclic N) is 1. The zero-order chi connectivity index (χ0) is 28.9. The van der Waals surface area contributed by atoms with Crippen molar-refractivity contribution in [3.63, 3.8) is 0 Å². The summed E-state index contributed by atoms with van der Waals surface area (Å²) in [6, 6.07) is 9.14. The number of benzene rings is 1. The molecule has 7 nitrogen and oxygen atoms in total. The summed E-state index contributed by atoms with van der Waals surface area (Å²) in [5.41, 5.74) is 0.717. The van der Waals surface area contributed by atoms with Crippen LogP contribution in [0.4, 0.5) is 4.79 Å². The van der Waals surface area contributed by atoms with Crippen molar-refractivity contribution in [3.8, 4) is 0 Å². The van der Waals surface area contributed by atoms with Gasteiger partial charge in [0.15, 0.2) is 0 Å². The van der Waals surface area contributed by atoms with Gasteiger partial charge in [-0.2, -0.15) is 11.8 Å². The molecule has 224 valence electrons. The summed E-state index contributed by atoms with van der Waals surface area (Å²) in [7, 11) is 0. The molecule has 1 aromatic rings. The number of carbonyl (C=O) groups is 2. The number of carbonyl (C=O) groups excluding carboxylic acids is 2. The van der Waals surface area contributed by atoms with E-state index in [9.17, 15) is 14.7 Å². The fraction of sp³-hybridized carbons (Fsp3) is 0.750. The Labute approximate surface area is 245 Å². The van der Waals surface area contributed by atoms with Crippen LogP contribution < -0.4 is 10.6 Å². The molecule has 1 saturated carbocycles. The number of aliphatic hydroxyl groups is 1. The Morgan fingerprint density at radius 3 is 2.48 bits per heavy atom. The van der Waals surface area contributed by atoms with E-state index in [1.54, 1.807) is 0 Å². The van der Waals surface area contributed by atoms with E-state index in [0.717, 1.165) is 30.7 Å². The zero-order valence-electron chi connectivity index (χ0n) is 25.1. The van der Waals surface area contributed by atoms with E-state index in [2.05, 4.69) is 29.4 Å². The molecule has 1 aliphatic carbocycles. The lowest BCUT2D eigenvalue weighted by molar-refractivity contribution is -0.132. The van der Waals surface area contributed by atoms with Gasteiger partial charge >= 0.3 is 6.09 Å². The van der Waals surface area contributed by atoms with E-state index in [1.165, 1.54) is 25.7 Å². The van der Waals surface area contributed by atoms with Crippen LogP contribution in [0.2, 0.25) is 0 Å². The highest BCUT2D eigenvalue weighted by molar-refractivity contribution is 8.00. The number of hydrogen-bond acceptors (Lipinski definition) is 6. The summed E-state index contributed by atoms with van der Waals surface area (Å²) in [4.78, 5) is 28.8. The molecule has 4 rings (SSSR count). The van der Waals surface area contributed by atoms with Gasteiger partial charge in [0.1, 0.15) is 6.10 Å². The molecular weight excluding hydrogens is 522 g/mol. The predicted octanol–water partition coefficient (Wildman–Crippen LogP) is 5.01. The molecule has 0 radical (unpaired) electrons. The first kappa shape index (κ1) is 31.2. The second-order valence-electron chi connectivity index (χ2n) is 13.6. The van der Waals surface area contributed by atoms with Crippen molar-refractivity contribution in [1.82, 2.24) is 15.5 Å². The Hall–Kier alpha value is -1.77. The van der Waals surface area contributed by atoms with Crippen molar-refractivity contribution in [2.45, 2.75) is 115 Å². The summed E-state index contributed by atoms with van der Waals surface area (Å²) in [5, 5.41) is 18.2. The normalized spacial score (nSPS) is 28.9. The van der Waals surface area contributed by atoms with Gasteiger partial charge in [0.25, 0.3) is 0 Å². The number of amides is 2. The van der Waals surface area contributed by atoms with Gasteiger partial charge in [-0.15, -0.1) is 0 Å². The first-order valence-corrected chi connectivity index (χ1v) is 16.4. The molecule has 0 aromatic heterocycles. The van der Waals surface area contributed by atoms with E-state index in [0.29, 0.717) is 36.0 Å². The lowest BCUT2D eigenvalue weighted by Gasteiger charge is -2.47. The van der Waals surface area contributed by atoms with Crippen LogP contribution in [0, 0.1) is 17.8 Å². The van der Waals surface area contributed by atoms with Crippen molar-refractivity contribution in [2.75, 3.05) is 18.8 Å². The standard InChI is InChI=1S/C32H51N3O4S/c1-21(2)29-28(15-16-40-29)39-31(38)33-25(17-22-11-7-6-8-12-22)27(36)20-35-19-24-14-10-9-13-23(24)18-26(35)30(37)34-32(3,4)5/h6-8,11-12,21,23-29,36H,9-10,13-20H2,1-5H3,(H,33,38)(H,34,37)/t23-,24+,25-,26-,27+,28-,29-/m0/s1. The van der Waals surface area contributed by atoms with Gasteiger partial charge in [-0.3, -0.25) is 9.69 Å². The van der Waals surface area contributed by atoms with E-state index < -0.39 is 18.2 Å². The SMILES string of the molecule is CC(C)[C@@H]1SCC[C@@H]1OC(=O)N[C@@H](Cc1ccccc1)[C@H](O)CN1C[C@H]2CCCC[C@H]2C[C@H]1C(=O)NC(C)(C)C. The average molecular weight is 574 g/mol. The molecule has 7 atom stereocenters. The Kier molecular flexibility index (Phi) is 10.9. The van der Waals surface area contributed by atoms with Crippen molar-refractivity contribution in [3.05, 3.63) is 35.9 Å². The fourth-order valence-electron chi connectivity index (χ4n) is 6.81. The number of alkyl carbamates (subject to hydrolysis) is 1. The van der Waals surface area contributed by atoms with Crippen LogP contribution >= 0.6 is 11.8 Å². The number of ether oxygens (including phenoxy) is 1. The molecule has 3 fully saturated rings. The molecule has 2 amide bonds. The van der Waals surface area contributed by atoms with Crippen molar-refractivity contribution >= 4 is 23.8 Å².